The van der Waals surface area contributed by atoms with Gasteiger partial charge in [-0.2, -0.15) is 0 Å². The molecule has 0 aromatic carbocycles. The molecule has 0 N–H and O–H groups in total. The monoisotopic (exact) mass is 252 g/mol. The molecule has 3 heteroatoms. The van der Waals surface area contributed by atoms with Gasteiger partial charge in [0.15, 0.2) is 0 Å². The van der Waals surface area contributed by atoms with Crippen molar-refractivity contribution in [3.8, 4) is 0 Å². The van der Waals surface area contributed by atoms with Crippen LogP contribution in [0.15, 0.2) is 12.3 Å². The minimum atomic E-state index is -1.17. The van der Waals surface area contributed by atoms with Gasteiger partial charge in [-0.3, -0.25) is 0 Å². The summed E-state index contributed by atoms with van der Waals surface area (Å²) in [5, 5.41) is 0. The van der Waals surface area contributed by atoms with E-state index in [1.54, 1.807) is 7.11 Å². The molecule has 0 aromatic rings. The first-order valence-electron chi connectivity index (χ1n) is 6.97. The summed E-state index contributed by atoms with van der Waals surface area (Å²) in [6.07, 6.45) is 15.0. The summed E-state index contributed by atoms with van der Waals surface area (Å²) in [5.74, 6) is 1.50. The highest BCUT2D eigenvalue weighted by Crippen LogP contribution is 2.27. The molecule has 2 aliphatic carbocycles. The average Bonchev–Trinajstić information content (AvgIpc) is 2.32. The van der Waals surface area contributed by atoms with Crippen molar-refractivity contribution in [2.24, 2.45) is 11.8 Å². The van der Waals surface area contributed by atoms with Crippen molar-refractivity contribution in [3.05, 3.63) is 12.3 Å². The standard InChI is InChI=1S/C14H24O2Si/c1-15-17(12-14-6-3-2-4-7-14)16-11-10-13-8-5-9-13/h10-14H,2-9H2,1H3. The SMILES string of the molecule is CO[Si](=CC1CCCCC1)OC=CC1CCC1. The van der Waals surface area contributed by atoms with Crippen molar-refractivity contribution in [1.82, 2.24) is 0 Å². The second kappa shape index (κ2) is 6.99. The van der Waals surface area contributed by atoms with Crippen LogP contribution in [0.4, 0.5) is 0 Å². The van der Waals surface area contributed by atoms with E-state index in [-0.39, 0.29) is 0 Å². The number of rotatable bonds is 5. The Morgan fingerprint density at radius 2 is 1.65 bits per heavy atom. The van der Waals surface area contributed by atoms with Crippen LogP contribution in [-0.2, 0) is 8.85 Å². The van der Waals surface area contributed by atoms with E-state index in [1.165, 1.54) is 51.4 Å². The van der Waals surface area contributed by atoms with Crippen LogP contribution in [0.25, 0.3) is 0 Å². The maximum absolute atomic E-state index is 5.74. The van der Waals surface area contributed by atoms with Crippen LogP contribution in [0.3, 0.4) is 0 Å². The first-order chi connectivity index (χ1) is 8.38. The van der Waals surface area contributed by atoms with E-state index in [9.17, 15) is 0 Å². The molecule has 0 aliphatic heterocycles. The Hall–Kier alpha value is -0.573. The van der Waals surface area contributed by atoms with Gasteiger partial charge in [0.1, 0.15) is 0 Å². The number of hydrogen-bond acceptors (Lipinski definition) is 2. The van der Waals surface area contributed by atoms with E-state index in [1.807, 2.05) is 6.26 Å². The molecule has 2 nitrogen and oxygen atoms in total. The Morgan fingerprint density at radius 3 is 2.24 bits per heavy atom. The molecule has 0 heterocycles. The summed E-state index contributed by atoms with van der Waals surface area (Å²) in [4.78, 5) is 0. The first-order valence-corrected chi connectivity index (χ1v) is 8.37. The lowest BCUT2D eigenvalue weighted by atomic mass is 9.86. The summed E-state index contributed by atoms with van der Waals surface area (Å²) >= 11 is 0. The molecule has 2 aliphatic rings. The van der Waals surface area contributed by atoms with E-state index in [4.69, 9.17) is 8.85 Å². The fraction of sp³-hybridized carbons (Fsp3) is 0.786. The van der Waals surface area contributed by atoms with Gasteiger partial charge in [0.25, 0.3) is 0 Å². The third kappa shape index (κ3) is 4.30. The van der Waals surface area contributed by atoms with Gasteiger partial charge in [0, 0.05) is 0 Å². The summed E-state index contributed by atoms with van der Waals surface area (Å²) < 4.78 is 11.2. The molecule has 0 radical (unpaired) electrons. The van der Waals surface area contributed by atoms with E-state index in [0.717, 1.165) is 11.8 Å². The minimum Gasteiger partial charge on any atom is -0.526 e. The predicted molar refractivity (Wildman–Crippen MR) is 73.0 cm³/mol. The molecule has 0 saturated heterocycles. The fourth-order valence-electron chi connectivity index (χ4n) is 2.50. The zero-order chi connectivity index (χ0) is 11.9. The maximum atomic E-state index is 5.74. The van der Waals surface area contributed by atoms with E-state index >= 15 is 0 Å². The molecule has 2 saturated carbocycles. The van der Waals surface area contributed by atoms with Gasteiger partial charge < -0.3 is 8.85 Å². The van der Waals surface area contributed by atoms with Crippen molar-refractivity contribution in [1.29, 1.82) is 0 Å². The molecule has 17 heavy (non-hydrogen) atoms. The molecule has 0 bridgehead atoms. The van der Waals surface area contributed by atoms with Crippen LogP contribution in [0, 0.1) is 11.8 Å². The zero-order valence-electron chi connectivity index (χ0n) is 10.9. The Morgan fingerprint density at radius 1 is 0.941 bits per heavy atom. The number of allylic oxidation sites excluding steroid dienone is 1. The highest BCUT2D eigenvalue weighted by Gasteiger charge is 2.15. The van der Waals surface area contributed by atoms with Crippen LogP contribution in [-0.4, -0.2) is 21.7 Å². The molecule has 0 aromatic heterocycles. The second-order valence-electron chi connectivity index (χ2n) is 5.23. The van der Waals surface area contributed by atoms with Gasteiger partial charge in [-0.1, -0.05) is 25.7 Å². The van der Waals surface area contributed by atoms with Crippen molar-refractivity contribution in [3.63, 3.8) is 0 Å². The molecule has 96 valence electrons. The summed E-state index contributed by atoms with van der Waals surface area (Å²) in [5.41, 5.74) is 2.34. The van der Waals surface area contributed by atoms with Gasteiger partial charge in [-0.15, -0.1) is 0 Å². The third-order valence-corrected chi connectivity index (χ3v) is 5.42. The smallest absolute Gasteiger partial charge is 0.480 e. The van der Waals surface area contributed by atoms with Crippen LogP contribution in [0.2, 0.25) is 0 Å². The van der Waals surface area contributed by atoms with Crippen molar-refractivity contribution >= 4 is 14.6 Å². The summed E-state index contributed by atoms with van der Waals surface area (Å²) in [6.45, 7) is 0. The van der Waals surface area contributed by atoms with Gasteiger partial charge in [-0.25, -0.2) is 0 Å². The van der Waals surface area contributed by atoms with Crippen LogP contribution in [0.5, 0.6) is 0 Å². The highest BCUT2D eigenvalue weighted by molar-refractivity contribution is 6.54. The highest BCUT2D eigenvalue weighted by atomic mass is 28.3. The van der Waals surface area contributed by atoms with E-state index < -0.39 is 8.90 Å². The lowest BCUT2D eigenvalue weighted by molar-refractivity contribution is 0.321. The van der Waals surface area contributed by atoms with Gasteiger partial charge in [-0.05, 0) is 49.3 Å². The molecule has 0 atom stereocenters. The minimum absolute atomic E-state index is 0.731. The largest absolute Gasteiger partial charge is 0.526 e. The predicted octanol–water partition coefficient (Wildman–Crippen LogP) is 3.42. The van der Waals surface area contributed by atoms with Gasteiger partial charge in [0.05, 0.1) is 13.4 Å². The summed E-state index contributed by atoms with van der Waals surface area (Å²) in [6, 6.07) is 0. The van der Waals surface area contributed by atoms with E-state index in [0.29, 0.717) is 0 Å². The normalized spacial score (nSPS) is 23.7. The van der Waals surface area contributed by atoms with Crippen LogP contribution >= 0.6 is 0 Å². The molecule has 0 spiro atoms. The number of hydrogen-bond donors (Lipinski definition) is 0. The topological polar surface area (TPSA) is 18.5 Å². The molecular formula is C14H24O2Si. The molecular weight excluding hydrogens is 228 g/mol. The lowest BCUT2D eigenvalue weighted by Gasteiger charge is -2.21. The first kappa shape index (κ1) is 12.9. The van der Waals surface area contributed by atoms with Crippen LogP contribution < -0.4 is 0 Å². The van der Waals surface area contributed by atoms with Crippen molar-refractivity contribution in [2.75, 3.05) is 7.11 Å². The molecule has 2 rings (SSSR count). The third-order valence-electron chi connectivity index (χ3n) is 3.91. The second-order valence-corrected chi connectivity index (χ2v) is 6.84. The lowest BCUT2D eigenvalue weighted by Crippen LogP contribution is -2.19. The Labute approximate surface area is 106 Å². The fourth-order valence-corrected chi connectivity index (χ4v) is 3.74. The molecule has 0 unspecified atom stereocenters. The molecule has 0 amide bonds. The zero-order valence-corrected chi connectivity index (χ0v) is 11.9. The van der Waals surface area contributed by atoms with Gasteiger partial charge in [0.2, 0.25) is 0 Å². The Kier molecular flexibility index (Phi) is 5.30. The van der Waals surface area contributed by atoms with Crippen molar-refractivity contribution < 1.29 is 8.85 Å². The quantitative estimate of drug-likeness (QED) is 0.551. The summed E-state index contributed by atoms with van der Waals surface area (Å²) in [7, 11) is 0.594. The van der Waals surface area contributed by atoms with Gasteiger partial charge >= 0.3 is 8.90 Å². The average molecular weight is 252 g/mol. The Bertz CT molecular complexity index is 276. The molecule has 2 fully saturated rings. The van der Waals surface area contributed by atoms with E-state index in [2.05, 4.69) is 11.7 Å². The maximum Gasteiger partial charge on any atom is 0.480 e. The van der Waals surface area contributed by atoms with Crippen LogP contribution in [0.1, 0.15) is 51.4 Å². The van der Waals surface area contributed by atoms with Crippen molar-refractivity contribution in [2.45, 2.75) is 51.4 Å². The Balaban J connectivity index is 1.77.